The van der Waals surface area contributed by atoms with Crippen molar-refractivity contribution in [3.05, 3.63) is 11.6 Å². The van der Waals surface area contributed by atoms with Crippen LogP contribution in [0.15, 0.2) is 11.6 Å². The Morgan fingerprint density at radius 3 is 2.21 bits per heavy atom. The Morgan fingerprint density at radius 1 is 0.912 bits per heavy atom. The van der Waals surface area contributed by atoms with Gasteiger partial charge in [0, 0.05) is 11.4 Å². The van der Waals surface area contributed by atoms with Crippen LogP contribution in [0.3, 0.4) is 0 Å². The first-order valence-corrected chi connectivity index (χ1v) is 13.7. The number of hydrogen-bond donors (Lipinski definition) is 1. The summed E-state index contributed by atoms with van der Waals surface area (Å²) in [6.45, 7) is 16.8. The molecule has 0 saturated heterocycles. The van der Waals surface area contributed by atoms with Gasteiger partial charge in [-0.25, -0.2) is 0 Å². The topological polar surface area (TPSA) is 60.4 Å². The van der Waals surface area contributed by atoms with Gasteiger partial charge in [0.2, 0.25) is 0 Å². The molecule has 0 aliphatic heterocycles. The molecule has 4 heteroatoms. The first kappa shape index (κ1) is 27.2. The van der Waals surface area contributed by atoms with Crippen LogP contribution in [0, 0.1) is 50.2 Å². The average Bonchev–Trinajstić information content (AvgIpc) is 2.71. The van der Waals surface area contributed by atoms with Gasteiger partial charge in [0.05, 0.1) is 6.10 Å². The maximum atomic E-state index is 12.6. The van der Waals surface area contributed by atoms with Gasteiger partial charge >= 0.3 is 29.6 Å². The SMILES string of the molecule is CC1(C)CC[C@]2(C(=O)[O-])CC[C@]3(C)C(=CC[C@@H]4[C@@]5(C)CC[C@H](O)C(C)(C)[C@@H]5CC[C@]43C)[C@@H]2C1.[Na+]. The average molecular weight is 479 g/mol. The van der Waals surface area contributed by atoms with Crippen molar-refractivity contribution in [2.45, 2.75) is 119 Å². The molecule has 8 atom stereocenters. The minimum atomic E-state index is -0.795. The molecule has 0 aromatic carbocycles. The van der Waals surface area contributed by atoms with Crippen LogP contribution in [0.5, 0.6) is 0 Å². The minimum absolute atomic E-state index is 0. The molecule has 5 aliphatic carbocycles. The summed E-state index contributed by atoms with van der Waals surface area (Å²) in [6, 6.07) is 0. The van der Waals surface area contributed by atoms with Crippen LogP contribution < -0.4 is 34.7 Å². The molecule has 0 radical (unpaired) electrons. The van der Waals surface area contributed by atoms with E-state index in [4.69, 9.17) is 0 Å². The number of carbonyl (C=O) groups excluding carboxylic acids is 1. The first-order chi connectivity index (χ1) is 15.1. The van der Waals surface area contributed by atoms with Gasteiger partial charge in [-0.05, 0) is 109 Å². The van der Waals surface area contributed by atoms with Crippen molar-refractivity contribution in [3.8, 4) is 0 Å². The van der Waals surface area contributed by atoms with E-state index in [-0.39, 0.29) is 68.7 Å². The van der Waals surface area contributed by atoms with Crippen molar-refractivity contribution in [1.82, 2.24) is 0 Å². The summed E-state index contributed by atoms with van der Waals surface area (Å²) in [5.41, 5.74) is 1.43. The predicted octanol–water partition coefficient (Wildman–Crippen LogP) is 2.90. The Hall–Kier alpha value is 0.170. The fraction of sp³-hybridized carbons (Fsp3) is 0.900. The molecule has 0 heterocycles. The Morgan fingerprint density at radius 2 is 1.56 bits per heavy atom. The van der Waals surface area contributed by atoms with E-state index in [1.807, 2.05) is 0 Å². The summed E-state index contributed by atoms with van der Waals surface area (Å²) in [5.74, 6) is 0.469. The van der Waals surface area contributed by atoms with Crippen molar-refractivity contribution < 1.29 is 44.6 Å². The molecule has 5 aliphatic rings. The third-order valence-electron chi connectivity index (χ3n) is 13.0. The molecular weight excluding hydrogens is 431 g/mol. The Labute approximate surface area is 230 Å². The largest absolute Gasteiger partial charge is 1.00 e. The summed E-state index contributed by atoms with van der Waals surface area (Å²) in [7, 11) is 0. The smallest absolute Gasteiger partial charge is 0.550 e. The normalized spacial score (nSPS) is 50.9. The van der Waals surface area contributed by atoms with Crippen LogP contribution in [0.25, 0.3) is 0 Å². The van der Waals surface area contributed by atoms with Gasteiger partial charge < -0.3 is 15.0 Å². The number of carboxylic acids is 1. The van der Waals surface area contributed by atoms with Crippen molar-refractivity contribution >= 4 is 5.97 Å². The number of allylic oxidation sites excluding steroid dienone is 2. The van der Waals surface area contributed by atoms with E-state index >= 15 is 0 Å². The van der Waals surface area contributed by atoms with Crippen molar-refractivity contribution in [2.75, 3.05) is 0 Å². The molecule has 0 bridgehead atoms. The summed E-state index contributed by atoms with van der Waals surface area (Å²) in [4.78, 5) is 12.6. The Bertz CT molecular complexity index is 891. The van der Waals surface area contributed by atoms with E-state index in [1.54, 1.807) is 0 Å². The van der Waals surface area contributed by atoms with Gasteiger partial charge in [-0.3, -0.25) is 0 Å². The molecule has 186 valence electrons. The number of hydrogen-bond acceptors (Lipinski definition) is 3. The molecule has 0 unspecified atom stereocenters. The summed E-state index contributed by atoms with van der Waals surface area (Å²) < 4.78 is 0. The van der Waals surface area contributed by atoms with E-state index in [0.29, 0.717) is 11.8 Å². The molecule has 0 aromatic rings. The van der Waals surface area contributed by atoms with E-state index in [0.717, 1.165) is 51.4 Å². The second kappa shape index (κ2) is 8.08. The van der Waals surface area contributed by atoms with Crippen LogP contribution in [-0.2, 0) is 4.79 Å². The van der Waals surface area contributed by atoms with Gasteiger partial charge in [-0.2, -0.15) is 0 Å². The third-order valence-corrected chi connectivity index (χ3v) is 13.0. The fourth-order valence-electron chi connectivity index (χ4n) is 10.6. The van der Waals surface area contributed by atoms with E-state index in [9.17, 15) is 15.0 Å². The van der Waals surface area contributed by atoms with Crippen molar-refractivity contribution in [1.29, 1.82) is 0 Å². The zero-order valence-corrected chi connectivity index (χ0v) is 25.2. The summed E-state index contributed by atoms with van der Waals surface area (Å²) >= 11 is 0. The second-order valence-electron chi connectivity index (χ2n) is 15.0. The summed E-state index contributed by atoms with van der Waals surface area (Å²) in [6.07, 6.45) is 12.3. The minimum Gasteiger partial charge on any atom is -0.550 e. The molecule has 0 aromatic heterocycles. The molecule has 0 amide bonds. The molecule has 4 saturated carbocycles. The van der Waals surface area contributed by atoms with Crippen LogP contribution in [0.4, 0.5) is 0 Å². The predicted molar refractivity (Wildman–Crippen MR) is 130 cm³/mol. The maximum Gasteiger partial charge on any atom is 1.00 e. The molecule has 0 spiro atoms. The standard InChI is InChI=1S/C30H48O3.Na/c1-25(2)14-16-30(24(32)33)17-15-28(6)19(20(30)18-25)8-9-22-27(5)12-11-23(31)26(3,4)21(27)10-13-29(22,28)7;/h8,20-23,31H,9-18H2,1-7H3,(H,32,33);/q;+1/p-1/t20-,21-,22+,23-,27-,28+,29+,30-;/m0./s1. The number of carboxylic acid groups (broad SMARTS) is 1. The Kier molecular flexibility index (Phi) is 6.47. The Balaban J connectivity index is 0.00000274. The van der Waals surface area contributed by atoms with Crippen LogP contribution in [0.2, 0.25) is 0 Å². The second-order valence-corrected chi connectivity index (χ2v) is 15.0. The third kappa shape index (κ3) is 3.31. The quantitative estimate of drug-likeness (QED) is 0.466. The monoisotopic (exact) mass is 478 g/mol. The van der Waals surface area contributed by atoms with Crippen LogP contribution in [0.1, 0.15) is 113 Å². The van der Waals surface area contributed by atoms with Crippen molar-refractivity contribution in [3.63, 3.8) is 0 Å². The number of fused-ring (bicyclic) bond motifs is 7. The van der Waals surface area contributed by atoms with Gasteiger partial charge in [-0.1, -0.05) is 60.1 Å². The number of aliphatic hydroxyl groups is 1. The van der Waals surface area contributed by atoms with Gasteiger partial charge in [0.15, 0.2) is 0 Å². The number of aliphatic carboxylic acids is 1. The zero-order chi connectivity index (χ0) is 24.2. The van der Waals surface area contributed by atoms with E-state index < -0.39 is 11.4 Å². The molecular formula is C30H47NaO3. The first-order valence-electron chi connectivity index (χ1n) is 13.7. The van der Waals surface area contributed by atoms with Crippen LogP contribution >= 0.6 is 0 Å². The molecule has 1 N–H and O–H groups in total. The summed E-state index contributed by atoms with van der Waals surface area (Å²) in [5, 5.41) is 23.5. The molecule has 3 nitrogen and oxygen atoms in total. The van der Waals surface area contributed by atoms with E-state index in [1.165, 1.54) is 18.4 Å². The number of carbonyl (C=O) groups is 1. The van der Waals surface area contributed by atoms with Gasteiger partial charge in [0.25, 0.3) is 0 Å². The molecule has 4 fully saturated rings. The fourth-order valence-corrected chi connectivity index (χ4v) is 10.6. The molecule has 34 heavy (non-hydrogen) atoms. The van der Waals surface area contributed by atoms with Crippen LogP contribution in [-0.4, -0.2) is 17.2 Å². The number of aliphatic hydroxyl groups excluding tert-OH is 1. The zero-order valence-electron chi connectivity index (χ0n) is 23.2. The van der Waals surface area contributed by atoms with E-state index in [2.05, 4.69) is 54.5 Å². The van der Waals surface area contributed by atoms with Gasteiger partial charge in [-0.15, -0.1) is 0 Å². The number of rotatable bonds is 1. The maximum absolute atomic E-state index is 12.6. The van der Waals surface area contributed by atoms with Gasteiger partial charge in [0.1, 0.15) is 0 Å². The molecule has 5 rings (SSSR count). The van der Waals surface area contributed by atoms with Crippen molar-refractivity contribution in [2.24, 2.45) is 50.2 Å².